The summed E-state index contributed by atoms with van der Waals surface area (Å²) in [6.07, 6.45) is 0. The van der Waals surface area contributed by atoms with Gasteiger partial charge in [-0.05, 0) is 35.9 Å². The molecule has 2 N–H and O–H groups in total. The summed E-state index contributed by atoms with van der Waals surface area (Å²) < 4.78 is 21.3. The predicted octanol–water partition coefficient (Wildman–Crippen LogP) is 3.60. The number of anilines is 1. The third-order valence-corrected chi connectivity index (χ3v) is 6.97. The second-order valence-electron chi connectivity index (χ2n) is 8.83. The lowest BCUT2D eigenvalue weighted by molar-refractivity contribution is -0.121. The number of nitrogens with two attached hydrogens (primary N) is 1. The number of hydrogen-bond acceptors (Lipinski definition) is 5. The second-order valence-corrected chi connectivity index (χ2v) is 8.83. The first-order valence-electron chi connectivity index (χ1n) is 11.3. The van der Waals surface area contributed by atoms with Gasteiger partial charge in [0, 0.05) is 23.7 Å². The first-order chi connectivity index (χ1) is 17.4. The Morgan fingerprint density at radius 3 is 2.58 bits per heavy atom. The highest BCUT2D eigenvalue weighted by Crippen LogP contribution is 2.55. The number of para-hydroxylation sites is 2. The molecule has 1 spiro atoms. The number of carbonyl (C=O) groups is 1. The van der Waals surface area contributed by atoms with Crippen molar-refractivity contribution in [2.75, 3.05) is 4.90 Å². The summed E-state index contributed by atoms with van der Waals surface area (Å²) in [6.45, 7) is 0.0397. The van der Waals surface area contributed by atoms with Crippen LogP contribution in [-0.4, -0.2) is 10.5 Å². The average Bonchev–Trinajstić information content (AvgIpc) is 3.11. The molecule has 0 bridgehead atoms. The molecule has 36 heavy (non-hydrogen) atoms. The molecule has 3 heterocycles. The monoisotopic (exact) mass is 478 g/mol. The molecule has 6 rings (SSSR count). The molecule has 2 aliphatic heterocycles. The van der Waals surface area contributed by atoms with E-state index in [9.17, 15) is 19.2 Å². The van der Waals surface area contributed by atoms with Gasteiger partial charge in [0.25, 0.3) is 5.56 Å². The van der Waals surface area contributed by atoms with Crippen molar-refractivity contribution in [2.45, 2.75) is 12.0 Å². The van der Waals surface area contributed by atoms with E-state index in [0.717, 1.165) is 0 Å². The van der Waals surface area contributed by atoms with Crippen LogP contribution in [0.25, 0.3) is 10.9 Å². The smallest absolute Gasteiger partial charge is 0.259 e. The third-order valence-electron chi connectivity index (χ3n) is 6.97. The van der Waals surface area contributed by atoms with Crippen LogP contribution in [0.1, 0.15) is 16.7 Å². The molecule has 4 aromatic rings. The molecule has 1 amide bonds. The van der Waals surface area contributed by atoms with Gasteiger partial charge in [-0.2, -0.15) is 5.26 Å². The summed E-state index contributed by atoms with van der Waals surface area (Å²) in [4.78, 5) is 29.9. The Labute approximate surface area is 205 Å². The lowest BCUT2D eigenvalue weighted by Gasteiger charge is -2.34. The number of amides is 1. The van der Waals surface area contributed by atoms with Crippen LogP contribution in [0.2, 0.25) is 0 Å². The van der Waals surface area contributed by atoms with E-state index >= 15 is 0 Å². The molecular weight excluding hydrogens is 459 g/mol. The van der Waals surface area contributed by atoms with Crippen molar-refractivity contribution < 1.29 is 13.9 Å². The lowest BCUT2D eigenvalue weighted by Crippen LogP contribution is -2.49. The van der Waals surface area contributed by atoms with Crippen LogP contribution in [0, 0.1) is 17.1 Å². The molecule has 0 aliphatic carbocycles. The Hall–Kier alpha value is -4.90. The van der Waals surface area contributed by atoms with Crippen molar-refractivity contribution in [3.05, 3.63) is 117 Å². The Balaban J connectivity index is 1.72. The molecule has 1 aromatic heterocycles. The number of aromatic nitrogens is 1. The van der Waals surface area contributed by atoms with Crippen molar-refractivity contribution in [2.24, 2.45) is 12.8 Å². The molecule has 1 atom stereocenters. The van der Waals surface area contributed by atoms with Crippen LogP contribution in [0.4, 0.5) is 10.1 Å². The number of nitriles is 1. The number of halogens is 1. The standard InChI is InChI=1S/C28H19FN4O3/c1-32-21-11-4-2-9-18(21)24-23(26(32)34)28(20(14-30)25(31)36-24)19-10-3-5-12-22(19)33(27(28)35)15-16-7-6-8-17(29)13-16/h2-13H,15,31H2,1H3. The van der Waals surface area contributed by atoms with Gasteiger partial charge in [0.1, 0.15) is 23.2 Å². The van der Waals surface area contributed by atoms with Crippen LogP contribution in [-0.2, 0) is 23.8 Å². The van der Waals surface area contributed by atoms with Gasteiger partial charge in [-0.25, -0.2) is 4.39 Å². The Kier molecular flexibility index (Phi) is 4.53. The average molecular weight is 478 g/mol. The van der Waals surface area contributed by atoms with Crippen molar-refractivity contribution in [3.63, 3.8) is 0 Å². The Morgan fingerprint density at radius 2 is 1.81 bits per heavy atom. The van der Waals surface area contributed by atoms with E-state index in [0.29, 0.717) is 27.7 Å². The maximum Gasteiger partial charge on any atom is 0.259 e. The minimum Gasteiger partial charge on any atom is -0.439 e. The maximum absolute atomic E-state index is 14.5. The number of pyridine rings is 1. The van der Waals surface area contributed by atoms with Gasteiger partial charge < -0.3 is 19.9 Å². The largest absolute Gasteiger partial charge is 0.439 e. The van der Waals surface area contributed by atoms with Gasteiger partial charge >= 0.3 is 0 Å². The van der Waals surface area contributed by atoms with Gasteiger partial charge in [0.2, 0.25) is 11.8 Å². The normalized spacial score (nSPS) is 18.2. The van der Waals surface area contributed by atoms with Crippen LogP contribution < -0.4 is 20.9 Å². The first kappa shape index (κ1) is 21.6. The highest BCUT2D eigenvalue weighted by atomic mass is 19.1. The fraction of sp³-hybridized carbons (Fsp3) is 0.107. The number of rotatable bonds is 2. The van der Waals surface area contributed by atoms with Crippen LogP contribution in [0.3, 0.4) is 0 Å². The van der Waals surface area contributed by atoms with Crippen molar-refractivity contribution in [3.8, 4) is 11.8 Å². The molecule has 0 fully saturated rings. The summed E-state index contributed by atoms with van der Waals surface area (Å²) in [5.41, 5.74) is 6.00. The molecule has 7 nitrogen and oxygen atoms in total. The van der Waals surface area contributed by atoms with Crippen molar-refractivity contribution in [1.82, 2.24) is 4.57 Å². The molecule has 176 valence electrons. The van der Waals surface area contributed by atoms with E-state index in [-0.39, 0.29) is 29.3 Å². The Bertz CT molecular complexity index is 1750. The third kappa shape index (κ3) is 2.65. The minimum absolute atomic E-state index is 0.0358. The van der Waals surface area contributed by atoms with Gasteiger partial charge in [-0.1, -0.05) is 42.5 Å². The topological polar surface area (TPSA) is 101 Å². The number of ether oxygens (including phenoxy) is 1. The van der Waals surface area contributed by atoms with E-state index in [1.807, 2.05) is 0 Å². The van der Waals surface area contributed by atoms with Crippen LogP contribution in [0.15, 0.2) is 89.0 Å². The van der Waals surface area contributed by atoms with Crippen LogP contribution in [0.5, 0.6) is 5.75 Å². The molecule has 0 saturated heterocycles. The first-order valence-corrected chi connectivity index (χ1v) is 11.3. The highest BCUT2D eigenvalue weighted by molar-refractivity contribution is 6.14. The zero-order chi connectivity index (χ0) is 25.2. The minimum atomic E-state index is -1.81. The zero-order valence-electron chi connectivity index (χ0n) is 19.2. The Morgan fingerprint density at radius 1 is 1.06 bits per heavy atom. The molecule has 0 radical (unpaired) electrons. The number of nitrogens with zero attached hydrogens (tertiary/aromatic N) is 3. The van der Waals surface area contributed by atoms with E-state index in [1.165, 1.54) is 21.6 Å². The number of hydrogen-bond donors (Lipinski definition) is 1. The van der Waals surface area contributed by atoms with E-state index < -0.39 is 22.7 Å². The van der Waals surface area contributed by atoms with Crippen molar-refractivity contribution >= 4 is 22.5 Å². The van der Waals surface area contributed by atoms with Crippen LogP contribution >= 0.6 is 0 Å². The molecule has 1 unspecified atom stereocenters. The van der Waals surface area contributed by atoms with E-state index in [1.54, 1.807) is 67.7 Å². The fourth-order valence-corrected chi connectivity index (χ4v) is 5.42. The lowest BCUT2D eigenvalue weighted by atomic mass is 9.69. The summed E-state index contributed by atoms with van der Waals surface area (Å²) in [5, 5.41) is 10.8. The number of aryl methyl sites for hydroxylation is 1. The SMILES string of the molecule is Cn1c(=O)c2c(c3ccccc31)OC(N)=C(C#N)C21C(=O)N(Cc2cccc(F)c2)c2ccccc21. The summed E-state index contributed by atoms with van der Waals surface area (Å²) in [5.74, 6) is -1.04. The molecule has 3 aromatic carbocycles. The maximum atomic E-state index is 14.5. The number of fused-ring (bicyclic) bond motifs is 6. The van der Waals surface area contributed by atoms with Gasteiger partial charge in [-0.15, -0.1) is 0 Å². The highest BCUT2D eigenvalue weighted by Gasteiger charge is 2.60. The number of benzene rings is 3. The van der Waals surface area contributed by atoms with E-state index in [4.69, 9.17) is 10.5 Å². The quantitative estimate of drug-likeness (QED) is 0.475. The summed E-state index contributed by atoms with van der Waals surface area (Å²) in [6, 6.07) is 22.1. The van der Waals surface area contributed by atoms with Gasteiger partial charge in [0.15, 0.2) is 5.41 Å². The zero-order valence-corrected chi connectivity index (χ0v) is 19.2. The predicted molar refractivity (Wildman–Crippen MR) is 131 cm³/mol. The second kappa shape index (κ2) is 7.55. The van der Waals surface area contributed by atoms with Gasteiger partial charge in [0.05, 0.1) is 17.6 Å². The molecule has 8 heteroatoms. The summed E-state index contributed by atoms with van der Waals surface area (Å²) >= 11 is 0. The number of carbonyl (C=O) groups excluding carboxylic acids is 1. The fourth-order valence-electron chi connectivity index (χ4n) is 5.42. The van der Waals surface area contributed by atoms with Gasteiger partial charge in [-0.3, -0.25) is 9.59 Å². The molecular formula is C28H19FN4O3. The molecule has 2 aliphatic rings. The van der Waals surface area contributed by atoms with Crippen molar-refractivity contribution in [1.29, 1.82) is 5.26 Å². The summed E-state index contributed by atoms with van der Waals surface area (Å²) in [7, 11) is 1.61. The molecule has 0 saturated carbocycles. The van der Waals surface area contributed by atoms with E-state index in [2.05, 4.69) is 6.07 Å².